The molecule has 2 amide bonds. The van der Waals surface area contributed by atoms with Crippen molar-refractivity contribution in [3.63, 3.8) is 0 Å². The van der Waals surface area contributed by atoms with Gasteiger partial charge in [-0.2, -0.15) is 18.3 Å². The third-order valence-corrected chi connectivity index (χ3v) is 3.96. The Morgan fingerprint density at radius 3 is 2.64 bits per heavy atom. The summed E-state index contributed by atoms with van der Waals surface area (Å²) >= 11 is 0. The first-order valence-electron chi connectivity index (χ1n) is 7.77. The Morgan fingerprint density at radius 2 is 1.96 bits per heavy atom. The Balaban J connectivity index is 1.53. The summed E-state index contributed by atoms with van der Waals surface area (Å²) < 4.78 is 39.4. The lowest BCUT2D eigenvalue weighted by molar-refractivity contribution is -0.137. The first-order chi connectivity index (χ1) is 11.8. The fraction of sp³-hybridized carbons (Fsp3) is 0.375. The molecule has 1 aliphatic heterocycles. The third-order valence-electron chi connectivity index (χ3n) is 3.96. The lowest BCUT2D eigenvalue weighted by Gasteiger charge is -2.22. The molecule has 1 aromatic carbocycles. The highest BCUT2D eigenvalue weighted by Gasteiger charge is 2.29. The molecular formula is C16H18F3N5O. The molecule has 0 aliphatic carbocycles. The standard InChI is InChI=1S/C16H18F3N5O/c1-23-6-7-24-13(10-23)8-14(22-24)21-15(25)20-9-11-2-4-12(5-3-11)16(17,18)19/h2-5,8H,6-7,9-10H2,1H3,(H2,20,21,22,25). The van der Waals surface area contributed by atoms with E-state index in [0.29, 0.717) is 11.4 Å². The average molecular weight is 353 g/mol. The molecule has 0 unspecified atom stereocenters. The zero-order chi connectivity index (χ0) is 18.0. The van der Waals surface area contributed by atoms with Gasteiger partial charge in [-0.3, -0.25) is 14.9 Å². The van der Waals surface area contributed by atoms with Crippen LogP contribution in [0.1, 0.15) is 16.8 Å². The van der Waals surface area contributed by atoms with Gasteiger partial charge in [0.15, 0.2) is 5.82 Å². The minimum Gasteiger partial charge on any atom is -0.334 e. The normalized spacial score (nSPS) is 14.9. The van der Waals surface area contributed by atoms with E-state index in [2.05, 4.69) is 20.6 Å². The van der Waals surface area contributed by atoms with Crippen molar-refractivity contribution in [3.8, 4) is 0 Å². The molecule has 1 aromatic heterocycles. The molecule has 0 saturated carbocycles. The molecule has 134 valence electrons. The van der Waals surface area contributed by atoms with E-state index in [0.717, 1.165) is 37.5 Å². The van der Waals surface area contributed by atoms with Crippen molar-refractivity contribution in [1.82, 2.24) is 20.0 Å². The summed E-state index contributed by atoms with van der Waals surface area (Å²) in [6.07, 6.45) is -4.36. The predicted molar refractivity (Wildman–Crippen MR) is 85.9 cm³/mol. The first kappa shape index (κ1) is 17.3. The molecule has 0 saturated heterocycles. The van der Waals surface area contributed by atoms with Crippen molar-refractivity contribution in [2.75, 3.05) is 18.9 Å². The number of urea groups is 1. The summed E-state index contributed by atoms with van der Waals surface area (Å²) in [6, 6.07) is 6.03. The summed E-state index contributed by atoms with van der Waals surface area (Å²) in [6.45, 7) is 2.55. The molecule has 25 heavy (non-hydrogen) atoms. The van der Waals surface area contributed by atoms with Crippen LogP contribution in [0.3, 0.4) is 0 Å². The van der Waals surface area contributed by atoms with Gasteiger partial charge >= 0.3 is 12.2 Å². The highest BCUT2D eigenvalue weighted by molar-refractivity contribution is 5.88. The number of nitrogens with one attached hydrogen (secondary N) is 2. The Hall–Kier alpha value is -2.55. The highest BCUT2D eigenvalue weighted by atomic mass is 19.4. The molecule has 3 rings (SSSR count). The van der Waals surface area contributed by atoms with Gasteiger partial charge in [0.1, 0.15) is 0 Å². The summed E-state index contributed by atoms with van der Waals surface area (Å²) in [4.78, 5) is 14.1. The summed E-state index contributed by atoms with van der Waals surface area (Å²) in [5.41, 5.74) is 0.884. The number of aromatic nitrogens is 2. The Morgan fingerprint density at radius 1 is 1.24 bits per heavy atom. The number of hydrogen-bond donors (Lipinski definition) is 2. The topological polar surface area (TPSA) is 62.2 Å². The van der Waals surface area contributed by atoms with Gasteiger partial charge in [-0.25, -0.2) is 4.79 Å². The number of fused-ring (bicyclic) bond motifs is 1. The zero-order valence-corrected chi connectivity index (χ0v) is 13.6. The maximum absolute atomic E-state index is 12.5. The minimum absolute atomic E-state index is 0.125. The number of likely N-dealkylation sites (N-methyl/N-ethyl adjacent to an activating group) is 1. The maximum Gasteiger partial charge on any atom is 0.416 e. The average Bonchev–Trinajstić information content (AvgIpc) is 2.93. The van der Waals surface area contributed by atoms with Gasteiger partial charge in [0, 0.05) is 25.7 Å². The van der Waals surface area contributed by atoms with Crippen molar-refractivity contribution in [3.05, 3.63) is 47.2 Å². The number of nitrogens with zero attached hydrogens (tertiary/aromatic N) is 3. The van der Waals surface area contributed by atoms with Gasteiger partial charge in [-0.05, 0) is 24.7 Å². The van der Waals surface area contributed by atoms with Gasteiger partial charge in [0.05, 0.1) is 17.8 Å². The molecule has 2 heterocycles. The molecule has 0 atom stereocenters. The second kappa shape index (κ2) is 6.75. The number of amides is 2. The summed E-state index contributed by atoms with van der Waals surface area (Å²) in [5, 5.41) is 9.56. The molecule has 2 N–H and O–H groups in total. The number of anilines is 1. The molecule has 0 bridgehead atoms. The Labute approximate surface area is 142 Å². The van der Waals surface area contributed by atoms with Crippen LogP contribution in [0.15, 0.2) is 30.3 Å². The van der Waals surface area contributed by atoms with E-state index in [1.807, 2.05) is 17.8 Å². The third kappa shape index (κ3) is 4.30. The number of halogens is 3. The number of rotatable bonds is 3. The zero-order valence-electron chi connectivity index (χ0n) is 13.6. The summed E-state index contributed by atoms with van der Waals surface area (Å²) in [7, 11) is 2.01. The van der Waals surface area contributed by atoms with Crippen molar-refractivity contribution < 1.29 is 18.0 Å². The summed E-state index contributed by atoms with van der Waals surface area (Å²) in [5.74, 6) is 0.454. The van der Waals surface area contributed by atoms with E-state index in [9.17, 15) is 18.0 Å². The largest absolute Gasteiger partial charge is 0.416 e. The highest BCUT2D eigenvalue weighted by Crippen LogP contribution is 2.29. The van der Waals surface area contributed by atoms with E-state index < -0.39 is 17.8 Å². The van der Waals surface area contributed by atoms with Crippen LogP contribution in [-0.2, 0) is 25.8 Å². The molecule has 0 fully saturated rings. The predicted octanol–water partition coefficient (Wildman–Crippen LogP) is 2.67. The second-order valence-corrected chi connectivity index (χ2v) is 5.98. The van der Waals surface area contributed by atoms with Gasteiger partial charge in [0.25, 0.3) is 0 Å². The molecule has 6 nitrogen and oxygen atoms in total. The fourth-order valence-electron chi connectivity index (χ4n) is 2.61. The molecule has 0 spiro atoms. The number of benzene rings is 1. The Bertz CT molecular complexity index is 754. The van der Waals surface area contributed by atoms with Crippen LogP contribution in [0.2, 0.25) is 0 Å². The second-order valence-electron chi connectivity index (χ2n) is 5.98. The molecule has 0 radical (unpaired) electrons. The number of alkyl halides is 3. The Kier molecular flexibility index (Phi) is 4.67. The number of hydrogen-bond acceptors (Lipinski definition) is 3. The van der Waals surface area contributed by atoms with Crippen LogP contribution < -0.4 is 10.6 Å². The lowest BCUT2D eigenvalue weighted by Crippen LogP contribution is -2.30. The maximum atomic E-state index is 12.5. The monoisotopic (exact) mass is 353 g/mol. The first-order valence-corrected chi connectivity index (χ1v) is 7.77. The molecule has 2 aromatic rings. The van der Waals surface area contributed by atoms with Crippen LogP contribution in [0.4, 0.5) is 23.8 Å². The SMILES string of the molecule is CN1CCn2nc(NC(=O)NCc3ccc(C(F)(F)F)cc3)cc2C1. The number of carbonyl (C=O) groups is 1. The molecular weight excluding hydrogens is 335 g/mol. The molecule has 1 aliphatic rings. The number of carbonyl (C=O) groups excluding carboxylic acids is 1. The van der Waals surface area contributed by atoms with Gasteiger partial charge < -0.3 is 5.32 Å². The van der Waals surface area contributed by atoms with Gasteiger partial charge in [-0.15, -0.1) is 0 Å². The van der Waals surface area contributed by atoms with Crippen molar-refractivity contribution >= 4 is 11.8 Å². The van der Waals surface area contributed by atoms with Crippen molar-refractivity contribution in [2.45, 2.75) is 25.8 Å². The van der Waals surface area contributed by atoms with E-state index in [4.69, 9.17) is 0 Å². The molecule has 9 heteroatoms. The fourth-order valence-corrected chi connectivity index (χ4v) is 2.61. The van der Waals surface area contributed by atoms with Gasteiger partial charge in [-0.1, -0.05) is 12.1 Å². The van der Waals surface area contributed by atoms with Crippen LogP contribution in [0, 0.1) is 0 Å². The van der Waals surface area contributed by atoms with Crippen LogP contribution in [-0.4, -0.2) is 34.3 Å². The minimum atomic E-state index is -4.36. The van der Waals surface area contributed by atoms with Crippen LogP contribution in [0.5, 0.6) is 0 Å². The van der Waals surface area contributed by atoms with Crippen molar-refractivity contribution in [2.24, 2.45) is 0 Å². The van der Waals surface area contributed by atoms with Crippen molar-refractivity contribution in [1.29, 1.82) is 0 Å². The van der Waals surface area contributed by atoms with Gasteiger partial charge in [0.2, 0.25) is 0 Å². The smallest absolute Gasteiger partial charge is 0.334 e. The van der Waals surface area contributed by atoms with Crippen LogP contribution >= 0.6 is 0 Å². The van der Waals surface area contributed by atoms with E-state index >= 15 is 0 Å². The van der Waals surface area contributed by atoms with E-state index in [-0.39, 0.29) is 6.54 Å². The van der Waals surface area contributed by atoms with E-state index in [1.165, 1.54) is 12.1 Å². The van der Waals surface area contributed by atoms with Crippen LogP contribution in [0.25, 0.3) is 0 Å². The lowest BCUT2D eigenvalue weighted by atomic mass is 10.1. The van der Waals surface area contributed by atoms with E-state index in [1.54, 1.807) is 0 Å². The quantitative estimate of drug-likeness (QED) is 0.892.